The zero-order chi connectivity index (χ0) is 19.8. The van der Waals surface area contributed by atoms with Gasteiger partial charge in [-0.05, 0) is 36.4 Å². The highest BCUT2D eigenvalue weighted by atomic mass is 16.4. The van der Waals surface area contributed by atoms with E-state index in [9.17, 15) is 9.59 Å². The lowest BCUT2D eigenvalue weighted by molar-refractivity contribution is -0.134. The van der Waals surface area contributed by atoms with Gasteiger partial charge < -0.3 is 17.7 Å². The van der Waals surface area contributed by atoms with Gasteiger partial charge in [-0.2, -0.15) is 9.78 Å². The highest BCUT2D eigenvalue weighted by molar-refractivity contribution is 6.01. The van der Waals surface area contributed by atoms with Gasteiger partial charge in [0.05, 0.1) is 18.8 Å². The fourth-order valence-electron chi connectivity index (χ4n) is 3.14. The van der Waals surface area contributed by atoms with Crippen molar-refractivity contribution in [3.8, 4) is 11.7 Å². The van der Waals surface area contributed by atoms with Gasteiger partial charge in [-0.1, -0.05) is 0 Å². The van der Waals surface area contributed by atoms with E-state index in [2.05, 4.69) is 10.2 Å². The SMILES string of the molecule is O=C(Cn1nc(-c2ccco2)oc1=O)N1N=C(c2ccco2)CC1c1ccco1. The molecule has 0 fully saturated rings. The van der Waals surface area contributed by atoms with Crippen LogP contribution in [0.25, 0.3) is 11.7 Å². The van der Waals surface area contributed by atoms with E-state index in [1.165, 1.54) is 23.8 Å². The first-order valence-corrected chi connectivity index (χ1v) is 8.77. The molecule has 1 aliphatic rings. The molecule has 0 bridgehead atoms. The Labute approximate surface area is 162 Å². The van der Waals surface area contributed by atoms with Crippen molar-refractivity contribution in [1.29, 1.82) is 0 Å². The maximum Gasteiger partial charge on any atom is 0.437 e. The van der Waals surface area contributed by atoms with Gasteiger partial charge in [0.2, 0.25) is 0 Å². The summed E-state index contributed by atoms with van der Waals surface area (Å²) < 4.78 is 22.0. The van der Waals surface area contributed by atoms with Crippen molar-refractivity contribution in [3.05, 3.63) is 77.3 Å². The number of aromatic nitrogens is 2. The summed E-state index contributed by atoms with van der Waals surface area (Å²) in [6, 6.07) is 9.81. The van der Waals surface area contributed by atoms with Crippen LogP contribution in [-0.4, -0.2) is 26.4 Å². The summed E-state index contributed by atoms with van der Waals surface area (Å²) in [5, 5.41) is 9.71. The van der Waals surface area contributed by atoms with Crippen LogP contribution in [0.3, 0.4) is 0 Å². The van der Waals surface area contributed by atoms with Crippen LogP contribution in [0.15, 0.2) is 82.8 Å². The number of furan rings is 3. The van der Waals surface area contributed by atoms with Gasteiger partial charge in [-0.3, -0.25) is 4.79 Å². The Morgan fingerprint density at radius 3 is 2.45 bits per heavy atom. The quantitative estimate of drug-likeness (QED) is 0.510. The normalized spacial score (nSPS) is 16.3. The third-order valence-electron chi connectivity index (χ3n) is 4.47. The maximum atomic E-state index is 13.0. The van der Waals surface area contributed by atoms with Gasteiger partial charge in [-0.15, -0.1) is 5.10 Å². The molecule has 0 aliphatic carbocycles. The van der Waals surface area contributed by atoms with E-state index >= 15 is 0 Å². The topological polar surface area (TPSA) is 120 Å². The zero-order valence-corrected chi connectivity index (χ0v) is 14.9. The van der Waals surface area contributed by atoms with E-state index in [1.54, 1.807) is 36.4 Å². The van der Waals surface area contributed by atoms with E-state index in [0.717, 1.165) is 4.68 Å². The first kappa shape index (κ1) is 17.0. The lowest BCUT2D eigenvalue weighted by atomic mass is 10.1. The minimum absolute atomic E-state index is 0.00316. The molecule has 4 aromatic rings. The zero-order valence-electron chi connectivity index (χ0n) is 14.9. The monoisotopic (exact) mass is 394 g/mol. The average Bonchev–Trinajstić information content (AvgIpc) is 3.53. The molecule has 0 saturated carbocycles. The highest BCUT2D eigenvalue weighted by Crippen LogP contribution is 2.33. The maximum absolute atomic E-state index is 13.0. The number of rotatable bonds is 5. The molecule has 10 heteroatoms. The second-order valence-corrected chi connectivity index (χ2v) is 6.31. The Kier molecular flexibility index (Phi) is 4.01. The lowest BCUT2D eigenvalue weighted by Crippen LogP contribution is -2.33. The second kappa shape index (κ2) is 6.82. The van der Waals surface area contributed by atoms with Crippen molar-refractivity contribution >= 4 is 11.6 Å². The molecule has 10 nitrogen and oxygen atoms in total. The van der Waals surface area contributed by atoms with Crippen molar-refractivity contribution < 1.29 is 22.5 Å². The van der Waals surface area contributed by atoms with Crippen LogP contribution in [0, 0.1) is 0 Å². The van der Waals surface area contributed by atoms with E-state index in [0.29, 0.717) is 29.4 Å². The summed E-state index contributed by atoms with van der Waals surface area (Å²) in [4.78, 5) is 25.1. The standard InChI is InChI=1S/C19H14N4O6/c24-17(11-22-19(25)29-18(21-22)16-6-3-9-28-16)23-13(15-5-2-8-27-15)10-12(20-23)14-4-1-7-26-14/h1-9,13H,10-11H2. The largest absolute Gasteiger partial charge is 0.467 e. The molecule has 4 aromatic heterocycles. The Balaban J connectivity index is 1.43. The van der Waals surface area contributed by atoms with Crippen molar-refractivity contribution in [2.75, 3.05) is 0 Å². The van der Waals surface area contributed by atoms with Crippen LogP contribution in [0.5, 0.6) is 0 Å². The number of amides is 1. The second-order valence-electron chi connectivity index (χ2n) is 6.31. The molecule has 0 radical (unpaired) electrons. The van der Waals surface area contributed by atoms with Crippen LogP contribution in [0.2, 0.25) is 0 Å². The summed E-state index contributed by atoms with van der Waals surface area (Å²) in [5.74, 6) is 0.212. The predicted octanol–water partition coefficient (Wildman–Crippen LogP) is 2.66. The predicted molar refractivity (Wildman–Crippen MR) is 96.6 cm³/mol. The third kappa shape index (κ3) is 3.10. The Morgan fingerprint density at radius 1 is 1.03 bits per heavy atom. The molecule has 0 spiro atoms. The molecular weight excluding hydrogens is 380 g/mol. The Bertz CT molecular complexity index is 1200. The highest BCUT2D eigenvalue weighted by Gasteiger charge is 2.36. The van der Waals surface area contributed by atoms with Gasteiger partial charge in [0, 0.05) is 6.42 Å². The van der Waals surface area contributed by atoms with Gasteiger partial charge in [0.25, 0.3) is 11.8 Å². The van der Waals surface area contributed by atoms with E-state index in [4.69, 9.17) is 17.7 Å². The molecule has 29 heavy (non-hydrogen) atoms. The van der Waals surface area contributed by atoms with Crippen molar-refractivity contribution in [2.45, 2.75) is 19.0 Å². The number of carbonyl (C=O) groups is 1. The average molecular weight is 394 g/mol. The fraction of sp³-hybridized carbons (Fsp3) is 0.158. The molecule has 0 aromatic carbocycles. The molecule has 146 valence electrons. The molecule has 5 rings (SSSR count). The minimum atomic E-state index is -0.770. The van der Waals surface area contributed by atoms with Crippen LogP contribution >= 0.6 is 0 Å². The van der Waals surface area contributed by atoms with Crippen LogP contribution < -0.4 is 5.76 Å². The summed E-state index contributed by atoms with van der Waals surface area (Å²) >= 11 is 0. The molecule has 5 heterocycles. The molecule has 1 amide bonds. The molecule has 1 unspecified atom stereocenters. The van der Waals surface area contributed by atoms with Gasteiger partial charge in [0.15, 0.2) is 5.76 Å². The number of hydrogen-bond donors (Lipinski definition) is 0. The van der Waals surface area contributed by atoms with Crippen LogP contribution in [-0.2, 0) is 11.3 Å². The lowest BCUT2D eigenvalue weighted by Gasteiger charge is -2.19. The summed E-state index contributed by atoms with van der Waals surface area (Å²) in [7, 11) is 0. The molecule has 0 N–H and O–H groups in total. The Hall–Kier alpha value is -4.08. The summed E-state index contributed by atoms with van der Waals surface area (Å²) in [6.45, 7) is -0.352. The molecule has 1 aliphatic heterocycles. The first-order chi connectivity index (χ1) is 14.2. The first-order valence-electron chi connectivity index (χ1n) is 8.77. The smallest absolute Gasteiger partial charge is 0.437 e. The van der Waals surface area contributed by atoms with Gasteiger partial charge in [-0.25, -0.2) is 9.80 Å². The van der Waals surface area contributed by atoms with Crippen molar-refractivity contribution in [2.24, 2.45) is 5.10 Å². The number of hydrazone groups is 1. The van der Waals surface area contributed by atoms with Crippen molar-refractivity contribution in [1.82, 2.24) is 14.8 Å². The number of carbonyl (C=O) groups excluding carboxylic acids is 1. The Morgan fingerprint density at radius 2 is 1.76 bits per heavy atom. The summed E-state index contributed by atoms with van der Waals surface area (Å²) in [5.41, 5.74) is 0.605. The van der Waals surface area contributed by atoms with Crippen LogP contribution in [0.1, 0.15) is 24.0 Å². The van der Waals surface area contributed by atoms with E-state index < -0.39 is 17.7 Å². The van der Waals surface area contributed by atoms with Crippen molar-refractivity contribution in [3.63, 3.8) is 0 Å². The van der Waals surface area contributed by atoms with E-state index in [-0.39, 0.29) is 12.4 Å². The molecule has 0 saturated heterocycles. The summed E-state index contributed by atoms with van der Waals surface area (Å²) in [6.07, 6.45) is 4.91. The molecule has 1 atom stereocenters. The third-order valence-corrected chi connectivity index (χ3v) is 4.47. The molecular formula is C19H14N4O6. The van der Waals surface area contributed by atoms with Gasteiger partial charge >= 0.3 is 5.76 Å². The minimum Gasteiger partial charge on any atom is -0.467 e. The van der Waals surface area contributed by atoms with E-state index in [1.807, 2.05) is 0 Å². The number of nitrogens with zero attached hydrogens (tertiary/aromatic N) is 4. The van der Waals surface area contributed by atoms with Crippen LogP contribution in [0.4, 0.5) is 0 Å². The van der Waals surface area contributed by atoms with Gasteiger partial charge in [0.1, 0.15) is 29.8 Å². The number of hydrogen-bond acceptors (Lipinski definition) is 8. The fourth-order valence-corrected chi connectivity index (χ4v) is 3.14.